The van der Waals surface area contributed by atoms with Gasteiger partial charge in [-0.2, -0.15) is 0 Å². The summed E-state index contributed by atoms with van der Waals surface area (Å²) >= 11 is 0. The first-order valence-electron chi connectivity index (χ1n) is 10.7. The van der Waals surface area contributed by atoms with Gasteiger partial charge in [0.25, 0.3) is 0 Å². The summed E-state index contributed by atoms with van der Waals surface area (Å²) in [5.74, 6) is 0.908. The number of fused-ring (bicyclic) bond motifs is 3. The Hall–Kier alpha value is -1.36. The Morgan fingerprint density at radius 2 is 2.04 bits per heavy atom. The number of nitrogens with one attached hydrogen (secondary N) is 1. The Balaban J connectivity index is 1.57. The smallest absolute Gasteiger partial charge is 0.125 e. The van der Waals surface area contributed by atoms with E-state index in [-0.39, 0.29) is 12.0 Å². The van der Waals surface area contributed by atoms with Gasteiger partial charge in [0.15, 0.2) is 0 Å². The van der Waals surface area contributed by atoms with E-state index in [0.717, 1.165) is 37.0 Å². The molecule has 2 aliphatic rings. The molecule has 0 spiro atoms. The molecule has 1 aliphatic heterocycles. The number of ether oxygens (including phenoxy) is 1. The molecule has 4 nitrogen and oxygen atoms in total. The Kier molecular flexibility index (Phi) is 7.33. The fraction of sp³-hybridized carbons (Fsp3) is 0.652. The maximum atomic E-state index is 11.3. The predicted molar refractivity (Wildman–Crippen MR) is 108 cm³/mol. The topological polar surface area (TPSA) is 61.7 Å². The molecule has 1 aromatic rings. The normalized spacial score (nSPS) is 27.2. The van der Waals surface area contributed by atoms with Gasteiger partial charge < -0.3 is 15.1 Å². The number of benzene rings is 1. The van der Waals surface area contributed by atoms with Crippen LogP contribution in [0.25, 0.3) is 0 Å². The average Bonchev–Trinajstić information content (AvgIpc) is 2.69. The number of hydrogen-bond acceptors (Lipinski definition) is 4. The van der Waals surface area contributed by atoms with Crippen molar-refractivity contribution in [3.05, 3.63) is 41.5 Å². The van der Waals surface area contributed by atoms with Crippen LogP contribution < -0.4 is 10.2 Å². The predicted octanol–water partition coefficient (Wildman–Crippen LogP) is 4.87. The summed E-state index contributed by atoms with van der Waals surface area (Å²) in [5, 5.41) is 20.6. The molecule has 1 fully saturated rings. The maximum absolute atomic E-state index is 11.3. The van der Waals surface area contributed by atoms with E-state index in [1.807, 2.05) is 6.07 Å². The van der Waals surface area contributed by atoms with Crippen molar-refractivity contribution in [1.29, 1.82) is 0 Å². The molecule has 0 bridgehead atoms. The zero-order chi connectivity index (χ0) is 19.1. The Morgan fingerprint density at radius 1 is 1.19 bits per heavy atom. The van der Waals surface area contributed by atoms with Crippen LogP contribution in [0.1, 0.15) is 75.8 Å². The van der Waals surface area contributed by atoms with Gasteiger partial charge in [0.05, 0.1) is 6.61 Å². The molecule has 1 heterocycles. The molecular formula is C23H35NO3. The van der Waals surface area contributed by atoms with Crippen molar-refractivity contribution in [2.75, 3.05) is 6.61 Å². The first-order valence-corrected chi connectivity index (χ1v) is 10.7. The first-order chi connectivity index (χ1) is 13.2. The van der Waals surface area contributed by atoms with E-state index in [1.165, 1.54) is 37.7 Å². The van der Waals surface area contributed by atoms with Crippen molar-refractivity contribution < 1.29 is 15.1 Å². The lowest BCUT2D eigenvalue weighted by molar-refractivity contribution is -0.104. The van der Waals surface area contributed by atoms with Gasteiger partial charge >= 0.3 is 0 Å². The van der Waals surface area contributed by atoms with Crippen LogP contribution in [0, 0.1) is 5.92 Å². The third-order valence-corrected chi connectivity index (χ3v) is 6.23. The fourth-order valence-electron chi connectivity index (χ4n) is 4.51. The molecule has 27 heavy (non-hydrogen) atoms. The van der Waals surface area contributed by atoms with Crippen molar-refractivity contribution in [2.24, 2.45) is 5.92 Å². The van der Waals surface area contributed by atoms with Crippen LogP contribution in [-0.2, 0) is 12.0 Å². The molecule has 3 atom stereocenters. The fourth-order valence-corrected chi connectivity index (χ4v) is 4.51. The summed E-state index contributed by atoms with van der Waals surface area (Å²) in [7, 11) is 0. The first kappa shape index (κ1) is 20.4. The minimum atomic E-state index is -0.904. The molecule has 3 N–H and O–H groups in total. The van der Waals surface area contributed by atoms with Gasteiger partial charge in [-0.3, -0.25) is 0 Å². The van der Waals surface area contributed by atoms with Crippen LogP contribution in [0.15, 0.2) is 30.4 Å². The number of hydrogen-bond donors (Lipinski definition) is 3. The zero-order valence-corrected chi connectivity index (χ0v) is 16.6. The van der Waals surface area contributed by atoms with Gasteiger partial charge in [0.1, 0.15) is 11.4 Å². The summed E-state index contributed by atoms with van der Waals surface area (Å²) in [4.78, 5) is 0. The van der Waals surface area contributed by atoms with E-state index < -0.39 is 5.60 Å². The highest BCUT2D eigenvalue weighted by molar-refractivity contribution is 5.44. The van der Waals surface area contributed by atoms with Crippen molar-refractivity contribution in [1.82, 2.24) is 5.48 Å². The highest BCUT2D eigenvalue weighted by Gasteiger charge is 2.48. The van der Waals surface area contributed by atoms with Crippen LogP contribution >= 0.6 is 0 Å². The van der Waals surface area contributed by atoms with Crippen molar-refractivity contribution >= 4 is 0 Å². The van der Waals surface area contributed by atoms with Crippen LogP contribution in [0.3, 0.4) is 0 Å². The number of aliphatic hydroxyl groups is 1. The summed E-state index contributed by atoms with van der Waals surface area (Å²) in [5.41, 5.74) is 3.54. The third-order valence-electron chi connectivity index (χ3n) is 6.23. The second kappa shape index (κ2) is 9.72. The maximum Gasteiger partial charge on any atom is 0.125 e. The van der Waals surface area contributed by atoms with Crippen LogP contribution in [0.2, 0.25) is 0 Å². The molecule has 1 aromatic carbocycles. The summed E-state index contributed by atoms with van der Waals surface area (Å²) in [6, 6.07) is 6.14. The quantitative estimate of drug-likeness (QED) is 0.328. The summed E-state index contributed by atoms with van der Waals surface area (Å²) in [6.45, 7) is 2.80. The summed E-state index contributed by atoms with van der Waals surface area (Å²) in [6.07, 6.45) is 15.4. The Bertz CT molecular complexity index is 630. The van der Waals surface area contributed by atoms with Gasteiger partial charge in [-0.1, -0.05) is 56.9 Å². The number of rotatable bonds is 9. The molecule has 3 unspecified atom stereocenters. The van der Waals surface area contributed by atoms with E-state index in [4.69, 9.17) is 4.74 Å². The van der Waals surface area contributed by atoms with Crippen molar-refractivity contribution in [2.45, 2.75) is 82.8 Å². The number of hydroxylamine groups is 1. The molecule has 0 amide bonds. The number of allylic oxidation sites excluding steroid dienone is 2. The number of unbranched alkanes of at least 4 members (excludes halogenated alkanes) is 5. The molecule has 3 rings (SSSR count). The summed E-state index contributed by atoms with van der Waals surface area (Å²) < 4.78 is 5.98. The molecular weight excluding hydrogens is 338 g/mol. The van der Waals surface area contributed by atoms with Crippen LogP contribution in [0.4, 0.5) is 0 Å². The highest BCUT2D eigenvalue weighted by atomic mass is 16.5. The SMILES string of the molecule is CCCCCCCC=CCc1ccc2c(c1)OCC1CCC(NO)CC21O. The van der Waals surface area contributed by atoms with Gasteiger partial charge in [-0.05, 0) is 50.2 Å². The largest absolute Gasteiger partial charge is 0.493 e. The lowest BCUT2D eigenvalue weighted by Gasteiger charge is -2.46. The molecule has 0 saturated heterocycles. The molecule has 150 valence electrons. The third kappa shape index (κ3) is 4.92. The second-order valence-corrected chi connectivity index (χ2v) is 8.25. The van der Waals surface area contributed by atoms with Crippen LogP contribution in [0.5, 0.6) is 5.75 Å². The van der Waals surface area contributed by atoms with E-state index in [1.54, 1.807) is 0 Å². The van der Waals surface area contributed by atoms with Crippen molar-refractivity contribution in [3.8, 4) is 5.75 Å². The van der Waals surface area contributed by atoms with Gasteiger partial charge in [0.2, 0.25) is 0 Å². The molecule has 0 aromatic heterocycles. The standard InChI is InChI=1S/C23H35NO3/c1-2-3-4-5-6-7-8-9-10-18-11-14-21-22(15-18)27-17-19-12-13-20(24-26)16-23(19,21)25/h8-9,11,14-15,19-20,24-26H,2-7,10,12-13,16-17H2,1H3. The molecule has 1 saturated carbocycles. The van der Waals surface area contributed by atoms with E-state index in [2.05, 4.69) is 36.7 Å². The second-order valence-electron chi connectivity index (χ2n) is 8.25. The monoisotopic (exact) mass is 373 g/mol. The molecule has 0 radical (unpaired) electrons. The average molecular weight is 374 g/mol. The molecule has 4 heteroatoms. The minimum absolute atomic E-state index is 0.0582. The van der Waals surface area contributed by atoms with Gasteiger partial charge in [-0.15, -0.1) is 0 Å². The van der Waals surface area contributed by atoms with E-state index >= 15 is 0 Å². The van der Waals surface area contributed by atoms with Gasteiger partial charge in [0, 0.05) is 17.5 Å². The van der Waals surface area contributed by atoms with E-state index in [0.29, 0.717) is 13.0 Å². The highest BCUT2D eigenvalue weighted by Crippen LogP contribution is 2.48. The lowest BCUT2D eigenvalue weighted by atomic mass is 9.68. The van der Waals surface area contributed by atoms with Gasteiger partial charge in [-0.25, -0.2) is 5.48 Å². The van der Waals surface area contributed by atoms with E-state index in [9.17, 15) is 10.3 Å². The zero-order valence-electron chi connectivity index (χ0n) is 16.6. The Labute approximate surface area is 163 Å². The lowest BCUT2D eigenvalue weighted by Crippen LogP contribution is -2.50. The molecule has 1 aliphatic carbocycles. The Morgan fingerprint density at radius 3 is 2.85 bits per heavy atom. The van der Waals surface area contributed by atoms with Crippen LogP contribution in [-0.4, -0.2) is 23.0 Å². The van der Waals surface area contributed by atoms with Crippen molar-refractivity contribution in [3.63, 3.8) is 0 Å². The minimum Gasteiger partial charge on any atom is -0.493 e.